The second kappa shape index (κ2) is 8.30. The Kier molecular flexibility index (Phi) is 6.40. The summed E-state index contributed by atoms with van der Waals surface area (Å²) in [4.78, 5) is 14.0. The molecule has 0 aliphatic carbocycles. The number of amides is 1. The molecule has 0 saturated carbocycles. The standard InChI is InChI=1S/C18H28N2O2/c1-14(2)12-19-17(21)13-20-10-8-16(9-11-20)18(22)15-6-4-3-5-7-15/h3-7,14,16,18,22H,8-13H2,1-2H3,(H,19,21). The number of rotatable bonds is 6. The topological polar surface area (TPSA) is 52.6 Å². The van der Waals surface area contributed by atoms with E-state index >= 15 is 0 Å². The molecule has 22 heavy (non-hydrogen) atoms. The van der Waals surface area contributed by atoms with Crippen molar-refractivity contribution >= 4 is 5.91 Å². The number of likely N-dealkylation sites (tertiary alicyclic amines) is 1. The van der Waals surface area contributed by atoms with Gasteiger partial charge in [-0.3, -0.25) is 9.69 Å². The first kappa shape index (κ1) is 17.0. The molecule has 1 unspecified atom stereocenters. The highest BCUT2D eigenvalue weighted by Crippen LogP contribution is 2.30. The molecule has 1 amide bonds. The van der Waals surface area contributed by atoms with Crippen LogP contribution in [0.3, 0.4) is 0 Å². The Hall–Kier alpha value is -1.39. The molecule has 122 valence electrons. The third-order valence-electron chi connectivity index (χ3n) is 4.29. The molecule has 1 aromatic carbocycles. The Bertz CT molecular complexity index is 453. The van der Waals surface area contributed by atoms with E-state index in [2.05, 4.69) is 24.1 Å². The Morgan fingerprint density at radius 2 is 1.91 bits per heavy atom. The highest BCUT2D eigenvalue weighted by molar-refractivity contribution is 5.78. The Morgan fingerprint density at radius 1 is 1.27 bits per heavy atom. The van der Waals surface area contributed by atoms with E-state index < -0.39 is 6.10 Å². The molecule has 1 fully saturated rings. The fourth-order valence-electron chi connectivity index (χ4n) is 2.93. The predicted molar refractivity (Wildman–Crippen MR) is 88.4 cm³/mol. The first-order valence-corrected chi connectivity index (χ1v) is 8.28. The zero-order valence-electron chi connectivity index (χ0n) is 13.7. The Labute approximate surface area is 133 Å². The Morgan fingerprint density at radius 3 is 2.50 bits per heavy atom. The van der Waals surface area contributed by atoms with Crippen molar-refractivity contribution in [3.05, 3.63) is 35.9 Å². The number of carbonyl (C=O) groups excluding carboxylic acids is 1. The zero-order valence-corrected chi connectivity index (χ0v) is 13.7. The van der Waals surface area contributed by atoms with Gasteiger partial charge >= 0.3 is 0 Å². The average Bonchev–Trinajstić information content (AvgIpc) is 2.54. The van der Waals surface area contributed by atoms with Gasteiger partial charge in [0.25, 0.3) is 0 Å². The number of benzene rings is 1. The number of piperidine rings is 1. The van der Waals surface area contributed by atoms with Gasteiger partial charge < -0.3 is 10.4 Å². The molecule has 0 spiro atoms. The normalized spacial score (nSPS) is 18.4. The van der Waals surface area contributed by atoms with Crippen LogP contribution < -0.4 is 5.32 Å². The van der Waals surface area contributed by atoms with Crippen LogP contribution in [0.4, 0.5) is 0 Å². The van der Waals surface area contributed by atoms with Gasteiger partial charge in [0, 0.05) is 6.54 Å². The average molecular weight is 304 g/mol. The fraction of sp³-hybridized carbons (Fsp3) is 0.611. The van der Waals surface area contributed by atoms with Gasteiger partial charge in [-0.1, -0.05) is 44.2 Å². The van der Waals surface area contributed by atoms with Crippen LogP contribution in [0.1, 0.15) is 38.4 Å². The molecule has 1 aliphatic heterocycles. The number of nitrogens with zero attached hydrogens (tertiary/aromatic N) is 1. The summed E-state index contributed by atoms with van der Waals surface area (Å²) in [5.74, 6) is 0.879. The van der Waals surface area contributed by atoms with E-state index in [0.717, 1.165) is 38.0 Å². The van der Waals surface area contributed by atoms with E-state index in [1.807, 2.05) is 30.3 Å². The van der Waals surface area contributed by atoms with E-state index in [1.165, 1.54) is 0 Å². The predicted octanol–water partition coefficient (Wildman–Crippen LogP) is 2.20. The van der Waals surface area contributed by atoms with Crippen molar-refractivity contribution in [2.45, 2.75) is 32.8 Å². The third-order valence-corrected chi connectivity index (χ3v) is 4.29. The molecule has 1 aromatic rings. The van der Waals surface area contributed by atoms with Crippen molar-refractivity contribution in [2.75, 3.05) is 26.2 Å². The molecular weight excluding hydrogens is 276 g/mol. The summed E-state index contributed by atoms with van der Waals surface area (Å²) in [6.45, 7) is 7.16. The summed E-state index contributed by atoms with van der Waals surface area (Å²) in [6.07, 6.45) is 1.49. The minimum atomic E-state index is -0.391. The maximum Gasteiger partial charge on any atom is 0.234 e. The number of aliphatic hydroxyl groups excluding tert-OH is 1. The molecule has 2 N–H and O–H groups in total. The van der Waals surface area contributed by atoms with Crippen molar-refractivity contribution in [2.24, 2.45) is 11.8 Å². The summed E-state index contributed by atoms with van der Waals surface area (Å²) >= 11 is 0. The lowest BCUT2D eigenvalue weighted by Gasteiger charge is -2.34. The molecule has 4 heteroatoms. The van der Waals surface area contributed by atoms with Gasteiger partial charge in [0.15, 0.2) is 0 Å². The second-order valence-electron chi connectivity index (χ2n) is 6.67. The molecule has 0 aromatic heterocycles. The molecular formula is C18H28N2O2. The molecule has 1 saturated heterocycles. The van der Waals surface area contributed by atoms with E-state index in [0.29, 0.717) is 12.5 Å². The van der Waals surface area contributed by atoms with Crippen LogP contribution >= 0.6 is 0 Å². The van der Waals surface area contributed by atoms with E-state index in [-0.39, 0.29) is 11.8 Å². The van der Waals surface area contributed by atoms with Crippen molar-refractivity contribution in [1.82, 2.24) is 10.2 Å². The molecule has 2 rings (SSSR count). The van der Waals surface area contributed by atoms with Gasteiger partial charge in [0.1, 0.15) is 0 Å². The first-order valence-electron chi connectivity index (χ1n) is 8.28. The van der Waals surface area contributed by atoms with E-state index in [1.54, 1.807) is 0 Å². The second-order valence-corrected chi connectivity index (χ2v) is 6.67. The van der Waals surface area contributed by atoms with Crippen LogP contribution in [-0.2, 0) is 4.79 Å². The molecule has 0 radical (unpaired) electrons. The Balaban J connectivity index is 1.75. The van der Waals surface area contributed by atoms with E-state index in [4.69, 9.17) is 0 Å². The zero-order chi connectivity index (χ0) is 15.9. The SMILES string of the molecule is CC(C)CNC(=O)CN1CCC(C(O)c2ccccc2)CC1. The smallest absolute Gasteiger partial charge is 0.234 e. The van der Waals surface area contributed by atoms with Crippen molar-refractivity contribution in [3.63, 3.8) is 0 Å². The highest BCUT2D eigenvalue weighted by Gasteiger charge is 2.26. The number of nitrogens with one attached hydrogen (secondary N) is 1. The van der Waals surface area contributed by atoms with Crippen LogP contribution in [0.5, 0.6) is 0 Å². The van der Waals surface area contributed by atoms with Crippen molar-refractivity contribution in [1.29, 1.82) is 0 Å². The lowest BCUT2D eigenvalue weighted by atomic mass is 9.87. The lowest BCUT2D eigenvalue weighted by Crippen LogP contribution is -2.43. The first-order chi connectivity index (χ1) is 10.6. The monoisotopic (exact) mass is 304 g/mol. The minimum Gasteiger partial charge on any atom is -0.388 e. The summed E-state index contributed by atoms with van der Waals surface area (Å²) in [7, 11) is 0. The van der Waals surface area contributed by atoms with Gasteiger partial charge in [-0.05, 0) is 43.3 Å². The molecule has 0 bridgehead atoms. The van der Waals surface area contributed by atoms with Gasteiger partial charge in [-0.25, -0.2) is 0 Å². The highest BCUT2D eigenvalue weighted by atomic mass is 16.3. The van der Waals surface area contributed by atoms with Crippen LogP contribution in [0, 0.1) is 11.8 Å². The fourth-order valence-corrected chi connectivity index (χ4v) is 2.93. The summed E-state index contributed by atoms with van der Waals surface area (Å²) in [5, 5.41) is 13.4. The number of aliphatic hydroxyl groups is 1. The van der Waals surface area contributed by atoms with Gasteiger partial charge in [-0.15, -0.1) is 0 Å². The quantitative estimate of drug-likeness (QED) is 0.847. The number of hydrogen-bond acceptors (Lipinski definition) is 3. The summed E-state index contributed by atoms with van der Waals surface area (Å²) in [5.41, 5.74) is 0.996. The third kappa shape index (κ3) is 5.11. The van der Waals surface area contributed by atoms with Gasteiger partial charge in [-0.2, -0.15) is 0 Å². The molecule has 1 aliphatic rings. The lowest BCUT2D eigenvalue weighted by molar-refractivity contribution is -0.122. The van der Waals surface area contributed by atoms with E-state index in [9.17, 15) is 9.90 Å². The summed E-state index contributed by atoms with van der Waals surface area (Å²) < 4.78 is 0. The number of hydrogen-bond donors (Lipinski definition) is 2. The van der Waals surface area contributed by atoms with Crippen LogP contribution in [0.2, 0.25) is 0 Å². The van der Waals surface area contributed by atoms with Crippen LogP contribution in [0.15, 0.2) is 30.3 Å². The van der Waals surface area contributed by atoms with Crippen molar-refractivity contribution < 1.29 is 9.90 Å². The van der Waals surface area contributed by atoms with Crippen LogP contribution in [-0.4, -0.2) is 42.1 Å². The number of carbonyl (C=O) groups is 1. The maximum absolute atomic E-state index is 11.9. The van der Waals surface area contributed by atoms with Crippen LogP contribution in [0.25, 0.3) is 0 Å². The molecule has 4 nitrogen and oxygen atoms in total. The van der Waals surface area contributed by atoms with Crippen molar-refractivity contribution in [3.8, 4) is 0 Å². The molecule has 1 heterocycles. The van der Waals surface area contributed by atoms with Gasteiger partial charge in [0.2, 0.25) is 5.91 Å². The summed E-state index contributed by atoms with van der Waals surface area (Å²) in [6, 6.07) is 9.86. The molecule has 1 atom stereocenters. The maximum atomic E-state index is 11.9. The minimum absolute atomic E-state index is 0.107. The largest absolute Gasteiger partial charge is 0.388 e. The van der Waals surface area contributed by atoms with Gasteiger partial charge in [0.05, 0.1) is 12.6 Å².